The number of likely N-dealkylation sites (N-methyl/N-ethyl adjacent to an activating group) is 1. The van der Waals surface area contributed by atoms with Crippen molar-refractivity contribution in [3.8, 4) is 0 Å². The normalized spacial score (nSPS) is 10.4. The van der Waals surface area contributed by atoms with E-state index >= 15 is 0 Å². The van der Waals surface area contributed by atoms with Gasteiger partial charge in [0, 0.05) is 31.8 Å². The third-order valence-electron chi connectivity index (χ3n) is 2.51. The first kappa shape index (κ1) is 13.6. The SMILES string of the molecule is CCN(C)C(=O)CNCc1ccc(F)cc1F. The number of carbonyl (C=O) groups is 1. The monoisotopic (exact) mass is 242 g/mol. The molecule has 0 aromatic heterocycles. The summed E-state index contributed by atoms with van der Waals surface area (Å²) in [6.45, 7) is 2.85. The number of halogens is 2. The van der Waals surface area contributed by atoms with Gasteiger partial charge >= 0.3 is 0 Å². The Balaban J connectivity index is 2.43. The molecule has 1 rings (SSSR count). The molecule has 0 aliphatic carbocycles. The molecule has 5 heteroatoms. The molecule has 0 unspecified atom stereocenters. The zero-order chi connectivity index (χ0) is 12.8. The molecule has 94 valence electrons. The van der Waals surface area contributed by atoms with Crippen LogP contribution in [0.1, 0.15) is 12.5 Å². The Kier molecular flexibility index (Phi) is 5.03. The predicted octanol–water partition coefficient (Wildman–Crippen LogP) is 1.53. The van der Waals surface area contributed by atoms with Gasteiger partial charge in [-0.05, 0) is 13.0 Å². The molecule has 17 heavy (non-hydrogen) atoms. The Hall–Kier alpha value is -1.49. The first-order valence-corrected chi connectivity index (χ1v) is 5.43. The number of carbonyl (C=O) groups excluding carboxylic acids is 1. The molecule has 0 heterocycles. The van der Waals surface area contributed by atoms with E-state index in [0.717, 1.165) is 6.07 Å². The van der Waals surface area contributed by atoms with Gasteiger partial charge in [-0.3, -0.25) is 4.79 Å². The third-order valence-corrected chi connectivity index (χ3v) is 2.51. The lowest BCUT2D eigenvalue weighted by molar-refractivity contribution is -0.128. The summed E-state index contributed by atoms with van der Waals surface area (Å²) in [5.41, 5.74) is 0.346. The summed E-state index contributed by atoms with van der Waals surface area (Å²) in [4.78, 5) is 13.0. The molecule has 0 spiro atoms. The largest absolute Gasteiger partial charge is 0.345 e. The van der Waals surface area contributed by atoms with Gasteiger partial charge in [-0.1, -0.05) is 6.07 Å². The maximum Gasteiger partial charge on any atom is 0.236 e. The molecule has 0 atom stereocenters. The average Bonchev–Trinajstić information content (AvgIpc) is 2.30. The molecule has 0 bridgehead atoms. The van der Waals surface area contributed by atoms with Crippen LogP contribution in [0.15, 0.2) is 18.2 Å². The number of rotatable bonds is 5. The minimum Gasteiger partial charge on any atom is -0.345 e. The smallest absolute Gasteiger partial charge is 0.236 e. The van der Waals surface area contributed by atoms with Crippen molar-refractivity contribution < 1.29 is 13.6 Å². The Morgan fingerprint density at radius 2 is 2.12 bits per heavy atom. The molecule has 1 aromatic carbocycles. The van der Waals surface area contributed by atoms with Gasteiger partial charge in [0.25, 0.3) is 0 Å². The summed E-state index contributed by atoms with van der Waals surface area (Å²) < 4.78 is 25.9. The third kappa shape index (κ3) is 4.11. The van der Waals surface area contributed by atoms with Gasteiger partial charge in [0.2, 0.25) is 5.91 Å². The van der Waals surface area contributed by atoms with Crippen LogP contribution < -0.4 is 5.32 Å². The maximum absolute atomic E-state index is 13.2. The fraction of sp³-hybridized carbons (Fsp3) is 0.417. The van der Waals surface area contributed by atoms with Gasteiger partial charge in [-0.25, -0.2) is 8.78 Å². The molecular weight excluding hydrogens is 226 g/mol. The number of benzene rings is 1. The summed E-state index contributed by atoms with van der Waals surface area (Å²) in [6, 6.07) is 3.39. The van der Waals surface area contributed by atoms with Crippen LogP contribution in [0.4, 0.5) is 8.78 Å². The number of amides is 1. The van der Waals surface area contributed by atoms with Crippen molar-refractivity contribution in [1.82, 2.24) is 10.2 Å². The predicted molar refractivity (Wildman–Crippen MR) is 61.4 cm³/mol. The van der Waals surface area contributed by atoms with E-state index in [2.05, 4.69) is 5.32 Å². The van der Waals surface area contributed by atoms with Crippen molar-refractivity contribution in [3.63, 3.8) is 0 Å². The van der Waals surface area contributed by atoms with E-state index < -0.39 is 11.6 Å². The number of nitrogens with one attached hydrogen (secondary N) is 1. The zero-order valence-corrected chi connectivity index (χ0v) is 9.96. The number of nitrogens with zero attached hydrogens (tertiary/aromatic N) is 1. The van der Waals surface area contributed by atoms with Crippen molar-refractivity contribution >= 4 is 5.91 Å². The molecule has 0 aliphatic heterocycles. The summed E-state index contributed by atoms with van der Waals surface area (Å²) in [5, 5.41) is 2.82. The molecule has 1 N–H and O–H groups in total. The van der Waals surface area contributed by atoms with Gasteiger partial charge < -0.3 is 10.2 Å². The van der Waals surface area contributed by atoms with Crippen molar-refractivity contribution in [2.75, 3.05) is 20.1 Å². The maximum atomic E-state index is 13.2. The van der Waals surface area contributed by atoms with Crippen LogP contribution >= 0.6 is 0 Å². The quantitative estimate of drug-likeness (QED) is 0.849. The van der Waals surface area contributed by atoms with Crippen LogP contribution in [0.3, 0.4) is 0 Å². The lowest BCUT2D eigenvalue weighted by Gasteiger charge is -2.14. The molecule has 0 radical (unpaired) electrons. The van der Waals surface area contributed by atoms with E-state index in [9.17, 15) is 13.6 Å². The lowest BCUT2D eigenvalue weighted by Crippen LogP contribution is -2.35. The van der Waals surface area contributed by atoms with Crippen LogP contribution in [0.25, 0.3) is 0 Å². The molecular formula is C12H16F2N2O. The van der Waals surface area contributed by atoms with Gasteiger partial charge in [0.1, 0.15) is 11.6 Å². The fourth-order valence-corrected chi connectivity index (χ4v) is 1.28. The summed E-state index contributed by atoms with van der Waals surface area (Å²) in [7, 11) is 1.70. The van der Waals surface area contributed by atoms with Gasteiger partial charge in [0.15, 0.2) is 0 Å². The van der Waals surface area contributed by atoms with Gasteiger partial charge in [0.05, 0.1) is 6.54 Å². The topological polar surface area (TPSA) is 32.3 Å². The van der Waals surface area contributed by atoms with Crippen LogP contribution in [0.5, 0.6) is 0 Å². The van der Waals surface area contributed by atoms with Gasteiger partial charge in [-0.2, -0.15) is 0 Å². The minimum atomic E-state index is -0.604. The molecule has 0 saturated carbocycles. The Labute approximate surface area is 99.4 Å². The molecule has 3 nitrogen and oxygen atoms in total. The fourth-order valence-electron chi connectivity index (χ4n) is 1.28. The standard InChI is InChI=1S/C12H16F2N2O/c1-3-16(2)12(17)8-15-7-9-4-5-10(13)6-11(9)14/h4-6,15H,3,7-8H2,1-2H3. The Morgan fingerprint density at radius 3 is 2.71 bits per heavy atom. The van der Waals surface area contributed by atoms with Crippen molar-refractivity contribution in [3.05, 3.63) is 35.4 Å². The molecule has 0 aliphatic rings. The second-order valence-electron chi connectivity index (χ2n) is 3.75. The van der Waals surface area contributed by atoms with E-state index in [4.69, 9.17) is 0 Å². The Morgan fingerprint density at radius 1 is 1.41 bits per heavy atom. The zero-order valence-electron chi connectivity index (χ0n) is 9.96. The van der Waals surface area contributed by atoms with E-state index in [1.54, 1.807) is 11.9 Å². The van der Waals surface area contributed by atoms with Crippen LogP contribution in [-0.2, 0) is 11.3 Å². The average molecular weight is 242 g/mol. The van der Waals surface area contributed by atoms with Crippen LogP contribution in [-0.4, -0.2) is 30.9 Å². The van der Waals surface area contributed by atoms with Crippen molar-refractivity contribution in [2.45, 2.75) is 13.5 Å². The highest BCUT2D eigenvalue weighted by Crippen LogP contribution is 2.08. The molecule has 1 amide bonds. The highest BCUT2D eigenvalue weighted by Gasteiger charge is 2.07. The highest BCUT2D eigenvalue weighted by atomic mass is 19.1. The first-order chi connectivity index (χ1) is 8.04. The van der Waals surface area contributed by atoms with E-state index in [1.807, 2.05) is 6.92 Å². The first-order valence-electron chi connectivity index (χ1n) is 5.43. The number of hydrogen-bond donors (Lipinski definition) is 1. The highest BCUT2D eigenvalue weighted by molar-refractivity contribution is 5.77. The van der Waals surface area contributed by atoms with Crippen molar-refractivity contribution in [2.24, 2.45) is 0 Å². The van der Waals surface area contributed by atoms with Crippen molar-refractivity contribution in [1.29, 1.82) is 0 Å². The summed E-state index contributed by atoms with van der Waals surface area (Å²) >= 11 is 0. The van der Waals surface area contributed by atoms with E-state index in [0.29, 0.717) is 12.1 Å². The van der Waals surface area contributed by atoms with E-state index in [-0.39, 0.29) is 19.0 Å². The molecule has 0 saturated heterocycles. The second-order valence-corrected chi connectivity index (χ2v) is 3.75. The minimum absolute atomic E-state index is 0.0602. The summed E-state index contributed by atoms with van der Waals surface area (Å²) in [6.07, 6.45) is 0. The van der Waals surface area contributed by atoms with E-state index in [1.165, 1.54) is 12.1 Å². The molecule has 0 fully saturated rings. The lowest BCUT2D eigenvalue weighted by atomic mass is 10.2. The van der Waals surface area contributed by atoms with Crippen LogP contribution in [0, 0.1) is 11.6 Å². The van der Waals surface area contributed by atoms with Crippen LogP contribution in [0.2, 0.25) is 0 Å². The second kappa shape index (κ2) is 6.30. The summed E-state index contributed by atoms with van der Waals surface area (Å²) in [5.74, 6) is -1.27. The number of hydrogen-bond acceptors (Lipinski definition) is 2. The molecule has 1 aromatic rings. The van der Waals surface area contributed by atoms with Gasteiger partial charge in [-0.15, -0.1) is 0 Å². The Bertz CT molecular complexity index is 396.